The molecule has 0 aliphatic rings. The Balaban J connectivity index is 0. The number of aliphatic carboxylic acids is 1. The van der Waals surface area contributed by atoms with Crippen LogP contribution in [-0.2, 0) is 9.36 Å². The van der Waals surface area contributed by atoms with E-state index in [2.05, 4.69) is 0 Å². The summed E-state index contributed by atoms with van der Waals surface area (Å²) in [7, 11) is -2.87. The number of carboxylic acids is 1. The topological polar surface area (TPSA) is 115 Å². The summed E-state index contributed by atoms with van der Waals surface area (Å²) in [5.41, 5.74) is -1.54. The van der Waals surface area contributed by atoms with Crippen LogP contribution in [0.4, 0.5) is 0 Å². The normalized spacial score (nSPS) is 13.8. The molecule has 6 nitrogen and oxygen atoms in total. The Morgan fingerprint density at radius 1 is 1.50 bits per heavy atom. The molecule has 0 rings (SSSR count). The van der Waals surface area contributed by atoms with E-state index in [0.29, 0.717) is 0 Å². The fraction of sp³-hybridized carbons (Fsp3) is 0.800. The summed E-state index contributed by atoms with van der Waals surface area (Å²) in [6.45, 7) is 2.89. The first-order valence-corrected chi connectivity index (χ1v) is 4.21. The van der Waals surface area contributed by atoms with Gasteiger partial charge in [0, 0.05) is 4.57 Å². The van der Waals surface area contributed by atoms with Gasteiger partial charge in [0.25, 0.3) is 0 Å². The zero-order valence-electron chi connectivity index (χ0n) is 6.76. The van der Waals surface area contributed by atoms with E-state index >= 15 is 0 Å². The van der Waals surface area contributed by atoms with Crippen LogP contribution in [0.15, 0.2) is 0 Å². The van der Waals surface area contributed by atoms with Crippen LogP contribution in [0.5, 0.6) is 0 Å². The maximum Gasteiger partial charge on any atom is 0.692 e. The number of rotatable bonds is 2. The third kappa shape index (κ3) is 9.45. The highest BCUT2D eigenvalue weighted by Crippen LogP contribution is 2.06. The molecule has 4 N–H and O–H groups in total. The van der Waals surface area contributed by atoms with Gasteiger partial charge in [0.1, 0.15) is 0 Å². The third-order valence-corrected chi connectivity index (χ3v) is 1.15. The molecule has 1 unspecified atom stereocenters. The van der Waals surface area contributed by atoms with Gasteiger partial charge in [-0.05, 0) is 13.3 Å². The summed E-state index contributed by atoms with van der Waals surface area (Å²) in [6, 6.07) is 0. The lowest BCUT2D eigenvalue weighted by Gasteiger charge is -2.13. The Morgan fingerprint density at radius 2 is 1.75 bits per heavy atom. The van der Waals surface area contributed by atoms with Gasteiger partial charge in [0.2, 0.25) is 0 Å². The van der Waals surface area contributed by atoms with Gasteiger partial charge in [-0.25, -0.2) is 4.79 Å². The third-order valence-electron chi connectivity index (χ3n) is 1.15. The molecule has 0 bridgehead atoms. The molecule has 0 aromatic carbocycles. The maximum absolute atomic E-state index is 10.0. The molecular weight excluding hydrogens is 187 g/mol. The largest absolute Gasteiger partial charge is 0.692 e. The first-order chi connectivity index (χ1) is 5.24. The number of carboxylic acid groups (broad SMARTS) is 1. The van der Waals surface area contributed by atoms with E-state index < -0.39 is 19.8 Å². The van der Waals surface area contributed by atoms with Gasteiger partial charge in [-0.1, -0.05) is 6.92 Å². The van der Waals surface area contributed by atoms with Crippen molar-refractivity contribution in [2.45, 2.75) is 25.9 Å². The van der Waals surface area contributed by atoms with Crippen LogP contribution in [0, 0.1) is 0 Å². The summed E-state index contributed by atoms with van der Waals surface area (Å²) in [6.07, 6.45) is 0.238. The lowest BCUT2D eigenvalue weighted by Crippen LogP contribution is -2.33. The molecule has 12 heavy (non-hydrogen) atoms. The smallest absolute Gasteiger partial charge is 0.479 e. The quantitative estimate of drug-likeness (QED) is 0.460. The molecule has 0 aromatic rings. The molecule has 0 radical (unpaired) electrons. The molecule has 0 aromatic heterocycles. The van der Waals surface area contributed by atoms with E-state index in [1.807, 2.05) is 0 Å². The molecule has 0 heterocycles. The van der Waals surface area contributed by atoms with Gasteiger partial charge in [-0.15, -0.1) is 9.79 Å². The second-order valence-electron chi connectivity index (χ2n) is 2.19. The first kappa shape index (κ1) is 14.0. The van der Waals surface area contributed by atoms with E-state index in [0.717, 1.165) is 0 Å². The van der Waals surface area contributed by atoms with E-state index in [1.165, 1.54) is 6.92 Å². The highest BCUT2D eigenvalue weighted by Gasteiger charge is 2.26. The summed E-state index contributed by atoms with van der Waals surface area (Å²) in [5, 5.41) is 17.0. The van der Waals surface area contributed by atoms with E-state index in [1.54, 1.807) is 6.92 Å². The second-order valence-corrected chi connectivity index (χ2v) is 2.69. The Hall–Kier alpha value is -0.550. The van der Waals surface area contributed by atoms with Crippen LogP contribution in [0.25, 0.3) is 0 Å². The van der Waals surface area contributed by atoms with E-state index in [4.69, 9.17) is 24.6 Å². The average molecular weight is 199 g/mol. The minimum Gasteiger partial charge on any atom is -0.479 e. The Bertz CT molecular complexity index is 161. The fourth-order valence-electron chi connectivity index (χ4n) is 0.151. The van der Waals surface area contributed by atoms with Crippen LogP contribution < -0.4 is 0 Å². The molecule has 0 saturated carbocycles. The van der Waals surface area contributed by atoms with Crippen molar-refractivity contribution in [3.63, 3.8) is 0 Å². The lowest BCUT2D eigenvalue weighted by molar-refractivity contribution is -0.156. The molecule has 0 aliphatic heterocycles. The number of carbonyl (C=O) groups is 1. The Labute approximate surface area is 70.4 Å². The van der Waals surface area contributed by atoms with E-state index in [9.17, 15) is 4.79 Å². The first-order valence-electron chi connectivity index (χ1n) is 3.04. The second kappa shape index (κ2) is 6.02. The predicted octanol–water partition coefficient (Wildman–Crippen LogP) is -0.140. The molecule has 0 saturated heterocycles. The summed E-state index contributed by atoms with van der Waals surface area (Å²) < 4.78 is 8.70. The maximum atomic E-state index is 10.0. The van der Waals surface area contributed by atoms with Crippen LogP contribution in [0.2, 0.25) is 0 Å². The van der Waals surface area contributed by atoms with Gasteiger partial charge in [0.05, 0.1) is 0 Å². The van der Waals surface area contributed by atoms with Crippen LogP contribution in [0.1, 0.15) is 20.3 Å². The van der Waals surface area contributed by atoms with Gasteiger partial charge >= 0.3 is 14.2 Å². The fourth-order valence-corrected chi connectivity index (χ4v) is 0.151. The molecular formula is C5H12O6P+. The number of hydrogen-bond acceptors (Lipinski definition) is 3. The minimum absolute atomic E-state index is 0.238. The van der Waals surface area contributed by atoms with Crippen LogP contribution in [-0.4, -0.2) is 31.6 Å². The molecule has 0 aliphatic carbocycles. The summed E-state index contributed by atoms with van der Waals surface area (Å²) in [5.74, 6) is -1.17. The lowest BCUT2D eigenvalue weighted by atomic mass is 10.1. The van der Waals surface area contributed by atoms with Crippen molar-refractivity contribution in [2.24, 2.45) is 0 Å². The molecule has 72 valence electrons. The standard InChI is InChI=1S/C5H10O3.HO3P/c1-3-5(2,8)4(6)7;1-4(2)3/h8H,3H2,1-2H3,(H,6,7);(H-,1,2,3)/p+1. The molecule has 0 spiro atoms. The SMILES string of the molecule is CCC(C)(O)C(=O)O.O=[P+](O)O. The number of aliphatic hydroxyl groups is 1. The van der Waals surface area contributed by atoms with Crippen molar-refractivity contribution in [3.05, 3.63) is 0 Å². The Morgan fingerprint density at radius 3 is 1.75 bits per heavy atom. The van der Waals surface area contributed by atoms with Gasteiger partial charge < -0.3 is 10.2 Å². The van der Waals surface area contributed by atoms with Gasteiger partial charge in [-0.3, -0.25) is 0 Å². The summed E-state index contributed by atoms with van der Waals surface area (Å²) in [4.78, 5) is 24.2. The van der Waals surface area contributed by atoms with Crippen molar-refractivity contribution >= 4 is 14.2 Å². The van der Waals surface area contributed by atoms with E-state index in [-0.39, 0.29) is 6.42 Å². The molecule has 0 amide bonds. The zero-order chi connectivity index (χ0) is 10.4. The highest BCUT2D eigenvalue weighted by molar-refractivity contribution is 7.30. The number of hydrogen-bond donors (Lipinski definition) is 4. The minimum atomic E-state index is -2.87. The van der Waals surface area contributed by atoms with Gasteiger partial charge in [-0.2, -0.15) is 0 Å². The van der Waals surface area contributed by atoms with Crippen molar-refractivity contribution in [2.75, 3.05) is 0 Å². The Kier molecular flexibility index (Phi) is 7.02. The molecule has 1 atom stereocenters. The molecule has 7 heteroatoms. The van der Waals surface area contributed by atoms with Crippen molar-refractivity contribution < 1.29 is 29.4 Å². The van der Waals surface area contributed by atoms with Crippen LogP contribution in [0.3, 0.4) is 0 Å². The monoisotopic (exact) mass is 199 g/mol. The van der Waals surface area contributed by atoms with Crippen LogP contribution >= 0.6 is 8.25 Å². The zero-order valence-corrected chi connectivity index (χ0v) is 7.65. The van der Waals surface area contributed by atoms with Crippen molar-refractivity contribution in [3.8, 4) is 0 Å². The average Bonchev–Trinajstić information content (AvgIpc) is 1.86. The molecule has 0 fully saturated rings. The van der Waals surface area contributed by atoms with Crippen molar-refractivity contribution in [1.29, 1.82) is 0 Å². The summed E-state index contributed by atoms with van der Waals surface area (Å²) >= 11 is 0. The van der Waals surface area contributed by atoms with Crippen molar-refractivity contribution in [1.82, 2.24) is 0 Å². The highest BCUT2D eigenvalue weighted by atomic mass is 31.1. The predicted molar refractivity (Wildman–Crippen MR) is 40.6 cm³/mol. The van der Waals surface area contributed by atoms with Gasteiger partial charge in [0.15, 0.2) is 5.60 Å².